The third kappa shape index (κ3) is 7.21. The lowest BCUT2D eigenvalue weighted by atomic mass is 9.95. The molecule has 1 amide bonds. The van der Waals surface area contributed by atoms with Crippen LogP contribution in [0.15, 0.2) is 36.4 Å². The summed E-state index contributed by atoms with van der Waals surface area (Å²) >= 11 is 0. The molecule has 6 nitrogen and oxygen atoms in total. The maximum atomic E-state index is 11.8. The molecule has 6 heteroatoms. The first kappa shape index (κ1) is 25.1. The molecule has 3 rings (SSSR count). The van der Waals surface area contributed by atoms with Crippen molar-refractivity contribution in [3.63, 3.8) is 0 Å². The Bertz CT molecular complexity index is 897. The molecule has 2 N–H and O–H groups in total. The summed E-state index contributed by atoms with van der Waals surface area (Å²) in [4.78, 5) is 13.8. The van der Waals surface area contributed by atoms with Crippen LogP contribution in [0.1, 0.15) is 61.8 Å². The van der Waals surface area contributed by atoms with Crippen LogP contribution in [0.5, 0.6) is 11.5 Å². The Morgan fingerprint density at radius 1 is 1.09 bits per heavy atom. The van der Waals surface area contributed by atoms with Crippen LogP contribution in [0.4, 0.5) is 0 Å². The molecule has 0 bridgehead atoms. The zero-order valence-electron chi connectivity index (χ0n) is 20.3. The van der Waals surface area contributed by atoms with Gasteiger partial charge in [-0.15, -0.1) is 0 Å². The maximum absolute atomic E-state index is 11.8. The van der Waals surface area contributed by atoms with Crippen molar-refractivity contribution in [3.8, 4) is 11.5 Å². The molecule has 0 saturated heterocycles. The summed E-state index contributed by atoms with van der Waals surface area (Å²) in [6.45, 7) is 9.83. The molecule has 0 heterocycles. The quantitative estimate of drug-likeness (QED) is 0.403. The number of hydrogen-bond acceptors (Lipinski definition) is 5. The Labute approximate surface area is 198 Å². The van der Waals surface area contributed by atoms with Gasteiger partial charge in [-0.3, -0.25) is 9.69 Å². The lowest BCUT2D eigenvalue weighted by Crippen LogP contribution is -2.36. The highest BCUT2D eigenvalue weighted by atomic mass is 16.5. The second-order valence-electron chi connectivity index (χ2n) is 8.46. The van der Waals surface area contributed by atoms with Crippen LogP contribution in [0, 0.1) is 0 Å². The molecule has 0 aromatic heterocycles. The fraction of sp³-hybridized carbons (Fsp3) is 0.519. The smallest absolute Gasteiger partial charge is 0.231 e. The molecule has 33 heavy (non-hydrogen) atoms. The topological polar surface area (TPSA) is 74.0 Å². The normalized spacial score (nSPS) is 13.3. The Morgan fingerprint density at radius 3 is 2.42 bits per heavy atom. The van der Waals surface area contributed by atoms with Gasteiger partial charge in [-0.05, 0) is 61.8 Å². The standard InChI is InChI=1S/C27H38N2O4/c1-4-23-22(16-24(32-5-2)26(21-12-13-21)27(23)33-6-3)17-29(18-25(28)30)14-15-31-19-20-10-8-7-9-11-20/h7-11,16,21H,4-6,12-15,17-19H2,1-3H3,(H2,28,30). The first-order valence-corrected chi connectivity index (χ1v) is 12.1. The maximum Gasteiger partial charge on any atom is 0.231 e. The highest BCUT2D eigenvalue weighted by molar-refractivity contribution is 5.76. The lowest BCUT2D eigenvalue weighted by molar-refractivity contribution is -0.119. The molecule has 1 saturated carbocycles. The fourth-order valence-corrected chi connectivity index (χ4v) is 4.25. The third-order valence-electron chi connectivity index (χ3n) is 5.84. The lowest BCUT2D eigenvalue weighted by Gasteiger charge is -2.26. The third-order valence-corrected chi connectivity index (χ3v) is 5.84. The SMILES string of the molecule is CCOc1cc(CN(CCOCc2ccccc2)CC(N)=O)c(CC)c(OCC)c1C1CC1. The second kappa shape index (κ2) is 12.6. The monoisotopic (exact) mass is 454 g/mol. The van der Waals surface area contributed by atoms with E-state index in [4.69, 9.17) is 19.9 Å². The second-order valence-corrected chi connectivity index (χ2v) is 8.46. The van der Waals surface area contributed by atoms with E-state index in [2.05, 4.69) is 13.0 Å². The summed E-state index contributed by atoms with van der Waals surface area (Å²) in [5.74, 6) is 2.05. The molecule has 1 aliphatic carbocycles. The molecular formula is C27H38N2O4. The summed E-state index contributed by atoms with van der Waals surface area (Å²) in [6.07, 6.45) is 3.20. The van der Waals surface area contributed by atoms with E-state index in [9.17, 15) is 4.79 Å². The van der Waals surface area contributed by atoms with Crippen molar-refractivity contribution in [2.24, 2.45) is 5.73 Å². The van der Waals surface area contributed by atoms with E-state index in [1.165, 1.54) is 24.0 Å². The Hall–Kier alpha value is -2.57. The predicted octanol–water partition coefficient (Wildman–Crippen LogP) is 4.43. The van der Waals surface area contributed by atoms with Crippen LogP contribution in [0.3, 0.4) is 0 Å². The molecule has 1 fully saturated rings. The molecule has 1 aliphatic rings. The van der Waals surface area contributed by atoms with Gasteiger partial charge in [-0.1, -0.05) is 37.3 Å². The first-order chi connectivity index (χ1) is 16.1. The van der Waals surface area contributed by atoms with Gasteiger partial charge < -0.3 is 19.9 Å². The van der Waals surface area contributed by atoms with Crippen molar-refractivity contribution in [2.75, 3.05) is 32.9 Å². The van der Waals surface area contributed by atoms with Gasteiger partial charge in [0.15, 0.2) is 0 Å². The predicted molar refractivity (Wildman–Crippen MR) is 131 cm³/mol. The minimum atomic E-state index is -0.347. The highest BCUT2D eigenvalue weighted by Gasteiger charge is 2.33. The van der Waals surface area contributed by atoms with Crippen LogP contribution in [0.25, 0.3) is 0 Å². The Balaban J connectivity index is 1.79. The summed E-state index contributed by atoms with van der Waals surface area (Å²) in [5, 5.41) is 0. The van der Waals surface area contributed by atoms with Gasteiger partial charge in [0.05, 0.1) is 33.0 Å². The molecular weight excluding hydrogens is 416 g/mol. The minimum Gasteiger partial charge on any atom is -0.493 e. The number of nitrogens with two attached hydrogens (primary N) is 1. The van der Waals surface area contributed by atoms with E-state index in [0.29, 0.717) is 45.4 Å². The number of hydrogen-bond donors (Lipinski definition) is 1. The number of carbonyl (C=O) groups is 1. The number of amides is 1. The van der Waals surface area contributed by atoms with E-state index in [-0.39, 0.29) is 12.5 Å². The summed E-state index contributed by atoms with van der Waals surface area (Å²) in [6, 6.07) is 12.2. The van der Waals surface area contributed by atoms with Crippen molar-refractivity contribution in [1.82, 2.24) is 4.90 Å². The zero-order chi connectivity index (χ0) is 23.6. The van der Waals surface area contributed by atoms with E-state index < -0.39 is 0 Å². The largest absolute Gasteiger partial charge is 0.493 e. The average Bonchev–Trinajstić information content (AvgIpc) is 3.63. The van der Waals surface area contributed by atoms with Crippen LogP contribution in [0.2, 0.25) is 0 Å². The van der Waals surface area contributed by atoms with E-state index >= 15 is 0 Å². The van der Waals surface area contributed by atoms with Crippen LogP contribution in [-0.4, -0.2) is 43.7 Å². The zero-order valence-corrected chi connectivity index (χ0v) is 20.3. The van der Waals surface area contributed by atoms with Gasteiger partial charge in [-0.2, -0.15) is 0 Å². The molecule has 0 aliphatic heterocycles. The molecule has 0 spiro atoms. The summed E-state index contributed by atoms with van der Waals surface area (Å²) < 4.78 is 18.1. The fourth-order valence-electron chi connectivity index (χ4n) is 4.25. The number of ether oxygens (including phenoxy) is 3. The van der Waals surface area contributed by atoms with Gasteiger partial charge in [0, 0.05) is 18.7 Å². The highest BCUT2D eigenvalue weighted by Crippen LogP contribution is 2.51. The van der Waals surface area contributed by atoms with Gasteiger partial charge in [-0.25, -0.2) is 0 Å². The van der Waals surface area contributed by atoms with Crippen LogP contribution < -0.4 is 15.2 Å². The molecule has 2 aromatic rings. The van der Waals surface area contributed by atoms with Crippen LogP contribution in [-0.2, 0) is 29.1 Å². The molecule has 0 atom stereocenters. The number of nitrogens with zero attached hydrogens (tertiary/aromatic N) is 1. The van der Waals surface area contributed by atoms with E-state index in [1.54, 1.807) is 0 Å². The van der Waals surface area contributed by atoms with Crippen molar-refractivity contribution in [2.45, 2.75) is 59.1 Å². The average molecular weight is 455 g/mol. The van der Waals surface area contributed by atoms with Gasteiger partial charge in [0.2, 0.25) is 5.91 Å². The molecule has 0 radical (unpaired) electrons. The summed E-state index contributed by atoms with van der Waals surface area (Å²) in [5.41, 5.74) is 10.2. The van der Waals surface area contributed by atoms with Gasteiger partial charge in [0.1, 0.15) is 11.5 Å². The van der Waals surface area contributed by atoms with Crippen LogP contribution >= 0.6 is 0 Å². The molecule has 2 aromatic carbocycles. The summed E-state index contributed by atoms with van der Waals surface area (Å²) in [7, 11) is 0. The van der Waals surface area contributed by atoms with Crippen molar-refractivity contribution < 1.29 is 19.0 Å². The van der Waals surface area contributed by atoms with E-state index in [1.807, 2.05) is 49.1 Å². The number of benzene rings is 2. The van der Waals surface area contributed by atoms with Gasteiger partial charge in [0.25, 0.3) is 0 Å². The minimum absolute atomic E-state index is 0.177. The molecule has 0 unspecified atom stereocenters. The first-order valence-electron chi connectivity index (χ1n) is 12.1. The molecule has 180 valence electrons. The Morgan fingerprint density at radius 2 is 1.82 bits per heavy atom. The Kier molecular flexibility index (Phi) is 9.58. The number of rotatable bonds is 15. The van der Waals surface area contributed by atoms with Gasteiger partial charge >= 0.3 is 0 Å². The van der Waals surface area contributed by atoms with E-state index in [0.717, 1.165) is 29.0 Å². The number of primary amides is 1. The van der Waals surface area contributed by atoms with Crippen molar-refractivity contribution in [3.05, 3.63) is 58.7 Å². The number of carbonyl (C=O) groups excluding carboxylic acids is 1. The van der Waals surface area contributed by atoms with Crippen molar-refractivity contribution in [1.29, 1.82) is 0 Å². The van der Waals surface area contributed by atoms with Crippen molar-refractivity contribution >= 4 is 5.91 Å².